The van der Waals surface area contributed by atoms with Crippen LogP contribution in [0.4, 0.5) is 0 Å². The van der Waals surface area contributed by atoms with Crippen molar-refractivity contribution in [2.24, 2.45) is 17.1 Å². The van der Waals surface area contributed by atoms with E-state index < -0.39 is 0 Å². The number of hydrogen-bond donors (Lipinski definition) is 1. The molecular weight excluding hydrogens is 126 g/mol. The lowest BCUT2D eigenvalue weighted by Crippen LogP contribution is -2.15. The van der Waals surface area contributed by atoms with Gasteiger partial charge in [-0.1, -0.05) is 6.92 Å². The molecule has 1 aliphatic carbocycles. The van der Waals surface area contributed by atoms with Gasteiger partial charge in [0, 0.05) is 7.11 Å². The van der Waals surface area contributed by atoms with E-state index in [0.29, 0.717) is 5.41 Å². The molecule has 2 unspecified atom stereocenters. The van der Waals surface area contributed by atoms with Crippen molar-refractivity contribution in [1.82, 2.24) is 0 Å². The van der Waals surface area contributed by atoms with Crippen LogP contribution in [-0.2, 0) is 4.74 Å². The van der Waals surface area contributed by atoms with E-state index in [2.05, 4.69) is 6.92 Å². The molecule has 10 heavy (non-hydrogen) atoms. The highest BCUT2D eigenvalue weighted by Gasteiger charge is 2.51. The fourth-order valence-electron chi connectivity index (χ4n) is 1.76. The van der Waals surface area contributed by atoms with E-state index in [9.17, 15) is 0 Å². The Kier molecular flexibility index (Phi) is 2.32. The molecule has 0 aromatic carbocycles. The first-order chi connectivity index (χ1) is 4.79. The molecule has 0 aromatic rings. The average molecular weight is 143 g/mol. The maximum absolute atomic E-state index is 5.56. The molecule has 2 nitrogen and oxygen atoms in total. The summed E-state index contributed by atoms with van der Waals surface area (Å²) in [5.74, 6) is 0.734. The van der Waals surface area contributed by atoms with E-state index in [-0.39, 0.29) is 0 Å². The maximum Gasteiger partial charge on any atom is 0.0521 e. The fraction of sp³-hybridized carbons (Fsp3) is 1.00. The molecule has 0 amide bonds. The lowest BCUT2D eigenvalue weighted by molar-refractivity contribution is 0.130. The quantitative estimate of drug-likeness (QED) is 0.637. The van der Waals surface area contributed by atoms with Crippen molar-refractivity contribution >= 4 is 0 Å². The van der Waals surface area contributed by atoms with Crippen LogP contribution in [0.3, 0.4) is 0 Å². The minimum atomic E-state index is 0.462. The molecule has 2 atom stereocenters. The minimum Gasteiger partial charge on any atom is -0.384 e. The van der Waals surface area contributed by atoms with Crippen molar-refractivity contribution in [3.8, 4) is 0 Å². The topological polar surface area (TPSA) is 35.2 Å². The van der Waals surface area contributed by atoms with E-state index in [4.69, 9.17) is 10.5 Å². The summed E-state index contributed by atoms with van der Waals surface area (Å²) >= 11 is 0. The number of methoxy groups -OCH3 is 1. The molecule has 0 radical (unpaired) electrons. The molecule has 0 heterocycles. The molecular formula is C8H17NO. The SMILES string of the molecule is CCC1(COC)CC1CN. The van der Waals surface area contributed by atoms with Gasteiger partial charge in [0.05, 0.1) is 6.61 Å². The first kappa shape index (κ1) is 8.02. The van der Waals surface area contributed by atoms with Crippen LogP contribution in [0.25, 0.3) is 0 Å². The first-order valence-corrected chi connectivity index (χ1v) is 3.98. The van der Waals surface area contributed by atoms with Crippen molar-refractivity contribution in [1.29, 1.82) is 0 Å². The van der Waals surface area contributed by atoms with Crippen molar-refractivity contribution < 1.29 is 4.74 Å². The third-order valence-electron chi connectivity index (χ3n) is 2.78. The van der Waals surface area contributed by atoms with Gasteiger partial charge in [-0.15, -0.1) is 0 Å². The van der Waals surface area contributed by atoms with E-state index in [1.54, 1.807) is 7.11 Å². The van der Waals surface area contributed by atoms with Crippen LogP contribution < -0.4 is 5.73 Å². The molecule has 1 rings (SSSR count). The molecule has 0 spiro atoms. The Bertz CT molecular complexity index is 116. The summed E-state index contributed by atoms with van der Waals surface area (Å²) in [6.07, 6.45) is 2.48. The van der Waals surface area contributed by atoms with Gasteiger partial charge in [-0.2, -0.15) is 0 Å². The summed E-state index contributed by atoms with van der Waals surface area (Å²) in [5, 5.41) is 0. The monoisotopic (exact) mass is 143 g/mol. The summed E-state index contributed by atoms with van der Waals surface area (Å²) in [7, 11) is 1.77. The van der Waals surface area contributed by atoms with Gasteiger partial charge in [-0.3, -0.25) is 0 Å². The highest BCUT2D eigenvalue weighted by atomic mass is 16.5. The van der Waals surface area contributed by atoms with Crippen molar-refractivity contribution in [3.05, 3.63) is 0 Å². The van der Waals surface area contributed by atoms with Crippen molar-refractivity contribution in [2.45, 2.75) is 19.8 Å². The van der Waals surface area contributed by atoms with Gasteiger partial charge in [0.1, 0.15) is 0 Å². The molecule has 1 fully saturated rings. The Morgan fingerprint density at radius 3 is 2.70 bits per heavy atom. The van der Waals surface area contributed by atoms with Crippen LogP contribution in [0.2, 0.25) is 0 Å². The van der Waals surface area contributed by atoms with Crippen LogP contribution in [0.1, 0.15) is 19.8 Å². The minimum absolute atomic E-state index is 0.462. The van der Waals surface area contributed by atoms with Crippen LogP contribution in [0.15, 0.2) is 0 Å². The van der Waals surface area contributed by atoms with Crippen LogP contribution in [0, 0.1) is 11.3 Å². The van der Waals surface area contributed by atoms with Gasteiger partial charge >= 0.3 is 0 Å². The van der Waals surface area contributed by atoms with Gasteiger partial charge in [0.25, 0.3) is 0 Å². The Morgan fingerprint density at radius 2 is 2.40 bits per heavy atom. The van der Waals surface area contributed by atoms with Gasteiger partial charge in [0.15, 0.2) is 0 Å². The molecule has 60 valence electrons. The molecule has 0 aromatic heterocycles. The molecule has 1 saturated carbocycles. The highest BCUT2D eigenvalue weighted by Crippen LogP contribution is 2.54. The first-order valence-electron chi connectivity index (χ1n) is 3.98. The highest BCUT2D eigenvalue weighted by molar-refractivity contribution is 5.01. The van der Waals surface area contributed by atoms with E-state index >= 15 is 0 Å². The second-order valence-electron chi connectivity index (χ2n) is 3.29. The van der Waals surface area contributed by atoms with Gasteiger partial charge in [0.2, 0.25) is 0 Å². The normalized spacial score (nSPS) is 38.1. The zero-order chi connectivity index (χ0) is 7.61. The zero-order valence-electron chi connectivity index (χ0n) is 6.89. The molecule has 1 aliphatic rings. The molecule has 2 N–H and O–H groups in total. The average Bonchev–Trinajstić information content (AvgIpc) is 2.65. The third-order valence-corrected chi connectivity index (χ3v) is 2.78. The molecule has 0 aliphatic heterocycles. The Labute approximate surface area is 62.7 Å². The summed E-state index contributed by atoms with van der Waals surface area (Å²) in [5.41, 5.74) is 6.02. The predicted octanol–water partition coefficient (Wildman–Crippen LogP) is 1.01. The summed E-state index contributed by atoms with van der Waals surface area (Å²) in [6.45, 7) is 3.94. The largest absolute Gasteiger partial charge is 0.384 e. The number of rotatable bonds is 4. The van der Waals surface area contributed by atoms with Gasteiger partial charge in [-0.05, 0) is 30.7 Å². The van der Waals surface area contributed by atoms with E-state index in [1.165, 1.54) is 12.8 Å². The van der Waals surface area contributed by atoms with Crippen LogP contribution in [-0.4, -0.2) is 20.3 Å². The number of hydrogen-bond acceptors (Lipinski definition) is 2. The third kappa shape index (κ3) is 1.18. The second-order valence-corrected chi connectivity index (χ2v) is 3.29. The molecule has 2 heteroatoms. The number of ether oxygens (including phenoxy) is 1. The van der Waals surface area contributed by atoms with Gasteiger partial charge in [-0.25, -0.2) is 0 Å². The Hall–Kier alpha value is -0.0800. The lowest BCUT2D eigenvalue weighted by Gasteiger charge is -2.12. The fourth-order valence-corrected chi connectivity index (χ4v) is 1.76. The van der Waals surface area contributed by atoms with Crippen molar-refractivity contribution in [3.63, 3.8) is 0 Å². The molecule has 0 bridgehead atoms. The van der Waals surface area contributed by atoms with Crippen LogP contribution in [0.5, 0.6) is 0 Å². The van der Waals surface area contributed by atoms with E-state index in [1.807, 2.05) is 0 Å². The Balaban J connectivity index is 2.34. The second kappa shape index (κ2) is 2.89. The maximum atomic E-state index is 5.56. The standard InChI is InChI=1S/C8H17NO/c1-3-8(6-10-2)4-7(8)5-9/h7H,3-6,9H2,1-2H3. The smallest absolute Gasteiger partial charge is 0.0521 e. The Morgan fingerprint density at radius 1 is 1.70 bits per heavy atom. The lowest BCUT2D eigenvalue weighted by atomic mass is 10.0. The summed E-state index contributed by atoms with van der Waals surface area (Å²) in [4.78, 5) is 0. The summed E-state index contributed by atoms with van der Waals surface area (Å²) in [6, 6.07) is 0. The van der Waals surface area contributed by atoms with E-state index in [0.717, 1.165) is 19.1 Å². The summed E-state index contributed by atoms with van der Waals surface area (Å²) < 4.78 is 5.14. The number of nitrogens with two attached hydrogens (primary N) is 1. The molecule has 0 saturated heterocycles. The van der Waals surface area contributed by atoms with Crippen molar-refractivity contribution in [2.75, 3.05) is 20.3 Å². The predicted molar refractivity (Wildman–Crippen MR) is 41.8 cm³/mol. The van der Waals surface area contributed by atoms with Crippen LogP contribution >= 0.6 is 0 Å². The van der Waals surface area contributed by atoms with Gasteiger partial charge < -0.3 is 10.5 Å². The zero-order valence-corrected chi connectivity index (χ0v) is 6.89.